The number of nitrogens with zero attached hydrogens (tertiary/aromatic N) is 4. The van der Waals surface area contributed by atoms with Crippen LogP contribution >= 0.6 is 0 Å². The molecule has 6 heteroatoms. The summed E-state index contributed by atoms with van der Waals surface area (Å²) in [6.07, 6.45) is 2.52. The summed E-state index contributed by atoms with van der Waals surface area (Å²) in [6.45, 7) is 11.6. The minimum atomic E-state index is 0.740. The van der Waals surface area contributed by atoms with E-state index < -0.39 is 0 Å². The van der Waals surface area contributed by atoms with Gasteiger partial charge in [0.15, 0.2) is 5.96 Å². The van der Waals surface area contributed by atoms with Crippen molar-refractivity contribution in [3.63, 3.8) is 0 Å². The number of piperazine rings is 1. The lowest BCUT2D eigenvalue weighted by atomic mass is 9.97. The molecule has 2 fully saturated rings. The lowest BCUT2D eigenvalue weighted by Crippen LogP contribution is -2.53. The van der Waals surface area contributed by atoms with E-state index in [1.54, 1.807) is 7.11 Å². The molecule has 2 aliphatic rings. The molecule has 0 saturated carbocycles. The second kappa shape index (κ2) is 10.7. The molecule has 0 spiro atoms. The van der Waals surface area contributed by atoms with Gasteiger partial charge in [-0.05, 0) is 56.5 Å². The normalized spacial score (nSPS) is 19.9. The fourth-order valence-electron chi connectivity index (χ4n) is 4.20. The van der Waals surface area contributed by atoms with Crippen molar-refractivity contribution in [2.45, 2.75) is 19.8 Å². The highest BCUT2D eigenvalue weighted by molar-refractivity contribution is 5.80. The Morgan fingerprint density at radius 2 is 1.89 bits per heavy atom. The predicted octanol–water partition coefficient (Wildman–Crippen LogP) is 2.05. The van der Waals surface area contributed by atoms with Crippen LogP contribution in [0.1, 0.15) is 18.4 Å². The molecule has 0 aliphatic carbocycles. The average molecular weight is 388 g/mol. The molecule has 3 rings (SSSR count). The number of methoxy groups -OCH3 is 1. The Balaban J connectivity index is 1.40. The highest BCUT2D eigenvalue weighted by atomic mass is 16.5. The van der Waals surface area contributed by atoms with E-state index in [-0.39, 0.29) is 0 Å². The number of benzene rings is 1. The Morgan fingerprint density at radius 1 is 1.14 bits per heavy atom. The number of aliphatic imine (C=N–C) groups is 1. The van der Waals surface area contributed by atoms with Gasteiger partial charge in [-0.25, -0.2) is 0 Å². The third-order valence-corrected chi connectivity index (χ3v) is 6.03. The first-order valence-corrected chi connectivity index (χ1v) is 10.7. The largest absolute Gasteiger partial charge is 0.383 e. The van der Waals surface area contributed by atoms with Gasteiger partial charge in [0.1, 0.15) is 0 Å². The number of rotatable bonds is 6. The maximum atomic E-state index is 5.19. The first kappa shape index (κ1) is 20.9. The highest BCUT2D eigenvalue weighted by Gasteiger charge is 2.22. The van der Waals surface area contributed by atoms with Gasteiger partial charge in [-0.1, -0.05) is 12.1 Å². The van der Waals surface area contributed by atoms with Gasteiger partial charge in [-0.2, -0.15) is 0 Å². The van der Waals surface area contributed by atoms with E-state index in [9.17, 15) is 0 Å². The lowest BCUT2D eigenvalue weighted by molar-refractivity contribution is 0.120. The van der Waals surface area contributed by atoms with Crippen LogP contribution in [-0.4, -0.2) is 88.9 Å². The molecule has 1 aromatic carbocycles. The number of nitrogens with one attached hydrogen (secondary N) is 1. The van der Waals surface area contributed by atoms with Crippen molar-refractivity contribution in [1.29, 1.82) is 0 Å². The Bertz CT molecular complexity index is 619. The van der Waals surface area contributed by atoms with Crippen molar-refractivity contribution in [1.82, 2.24) is 15.1 Å². The first-order chi connectivity index (χ1) is 13.7. The van der Waals surface area contributed by atoms with Gasteiger partial charge in [0.05, 0.1) is 6.61 Å². The van der Waals surface area contributed by atoms with Crippen molar-refractivity contribution >= 4 is 11.6 Å². The number of hydrogen-bond donors (Lipinski definition) is 1. The van der Waals surface area contributed by atoms with Crippen LogP contribution in [0.2, 0.25) is 0 Å². The first-order valence-electron chi connectivity index (χ1n) is 10.7. The number of likely N-dealkylation sites (tertiary alicyclic amines) is 1. The van der Waals surface area contributed by atoms with Crippen molar-refractivity contribution < 1.29 is 4.74 Å². The standard InChI is InChI=1S/C22H37N5O/c1-19-5-4-6-21(17-19)26-11-13-27(14-12-26)22(23-2)24-18-20-7-9-25(10-8-20)15-16-28-3/h4-6,17,20H,7-16,18H2,1-3H3,(H,23,24). The number of piperidine rings is 1. The van der Waals surface area contributed by atoms with E-state index in [0.29, 0.717) is 0 Å². The Kier molecular flexibility index (Phi) is 7.98. The Morgan fingerprint density at radius 3 is 2.54 bits per heavy atom. The fraction of sp³-hybridized carbons (Fsp3) is 0.682. The molecule has 2 aliphatic heterocycles. The molecule has 6 nitrogen and oxygen atoms in total. The molecule has 156 valence electrons. The summed E-state index contributed by atoms with van der Waals surface area (Å²) < 4.78 is 5.19. The summed E-state index contributed by atoms with van der Waals surface area (Å²) in [7, 11) is 3.69. The smallest absolute Gasteiger partial charge is 0.193 e. The minimum Gasteiger partial charge on any atom is -0.383 e. The maximum Gasteiger partial charge on any atom is 0.193 e. The van der Waals surface area contributed by atoms with Crippen LogP contribution in [0.5, 0.6) is 0 Å². The van der Waals surface area contributed by atoms with Crippen molar-refractivity contribution in [2.24, 2.45) is 10.9 Å². The van der Waals surface area contributed by atoms with Crippen molar-refractivity contribution in [3.05, 3.63) is 29.8 Å². The van der Waals surface area contributed by atoms with Gasteiger partial charge in [0, 0.05) is 59.1 Å². The van der Waals surface area contributed by atoms with Crippen LogP contribution in [0.4, 0.5) is 5.69 Å². The van der Waals surface area contributed by atoms with Gasteiger partial charge in [0.2, 0.25) is 0 Å². The van der Waals surface area contributed by atoms with Crippen LogP contribution in [-0.2, 0) is 4.74 Å². The second-order valence-electron chi connectivity index (χ2n) is 8.02. The van der Waals surface area contributed by atoms with E-state index in [4.69, 9.17) is 4.74 Å². The van der Waals surface area contributed by atoms with Crippen molar-refractivity contribution in [3.8, 4) is 0 Å². The molecule has 0 radical (unpaired) electrons. The van der Waals surface area contributed by atoms with E-state index in [1.165, 1.54) is 37.2 Å². The number of guanidine groups is 1. The number of aryl methyl sites for hydroxylation is 1. The van der Waals surface area contributed by atoms with Gasteiger partial charge in [-0.3, -0.25) is 4.99 Å². The SMILES string of the molecule is CN=C(NCC1CCN(CCOC)CC1)N1CCN(c2cccc(C)c2)CC1. The molecule has 0 bridgehead atoms. The average Bonchev–Trinajstić information content (AvgIpc) is 2.74. The van der Waals surface area contributed by atoms with Crippen LogP contribution in [0.3, 0.4) is 0 Å². The quantitative estimate of drug-likeness (QED) is 0.598. The summed E-state index contributed by atoms with van der Waals surface area (Å²) >= 11 is 0. The third kappa shape index (κ3) is 5.85. The molecule has 2 heterocycles. The summed E-state index contributed by atoms with van der Waals surface area (Å²) in [5.41, 5.74) is 2.66. The van der Waals surface area contributed by atoms with Gasteiger partial charge >= 0.3 is 0 Å². The Hall–Kier alpha value is -1.79. The zero-order valence-electron chi connectivity index (χ0n) is 17.9. The van der Waals surface area contributed by atoms with E-state index in [0.717, 1.165) is 57.8 Å². The second-order valence-corrected chi connectivity index (χ2v) is 8.02. The number of hydrogen-bond acceptors (Lipinski definition) is 4. The molecular weight excluding hydrogens is 350 g/mol. The lowest BCUT2D eigenvalue weighted by Gasteiger charge is -2.38. The molecule has 0 amide bonds. The van der Waals surface area contributed by atoms with E-state index >= 15 is 0 Å². The van der Waals surface area contributed by atoms with Crippen LogP contribution in [0, 0.1) is 12.8 Å². The van der Waals surface area contributed by atoms with Crippen molar-refractivity contribution in [2.75, 3.05) is 78.0 Å². The molecular formula is C22H37N5O. The van der Waals surface area contributed by atoms with E-state index in [2.05, 4.69) is 56.2 Å². The number of ether oxygens (including phenoxy) is 1. The van der Waals surface area contributed by atoms with E-state index in [1.807, 2.05) is 7.05 Å². The Labute approximate surface area is 170 Å². The zero-order valence-corrected chi connectivity index (χ0v) is 17.9. The monoisotopic (exact) mass is 387 g/mol. The van der Waals surface area contributed by atoms with Crippen LogP contribution in [0.15, 0.2) is 29.3 Å². The number of anilines is 1. The topological polar surface area (TPSA) is 43.3 Å². The summed E-state index contributed by atoms with van der Waals surface area (Å²) in [4.78, 5) is 11.9. The minimum absolute atomic E-state index is 0.740. The molecule has 0 aromatic heterocycles. The molecule has 1 N–H and O–H groups in total. The molecule has 28 heavy (non-hydrogen) atoms. The molecule has 0 atom stereocenters. The zero-order chi connectivity index (χ0) is 19.8. The maximum absolute atomic E-state index is 5.19. The molecule has 1 aromatic rings. The summed E-state index contributed by atoms with van der Waals surface area (Å²) in [6, 6.07) is 8.81. The summed E-state index contributed by atoms with van der Waals surface area (Å²) in [5, 5.41) is 3.64. The predicted molar refractivity (Wildman–Crippen MR) is 117 cm³/mol. The van der Waals surface area contributed by atoms with Gasteiger partial charge in [-0.15, -0.1) is 0 Å². The highest BCUT2D eigenvalue weighted by Crippen LogP contribution is 2.19. The van der Waals surface area contributed by atoms with Crippen LogP contribution < -0.4 is 10.2 Å². The fourth-order valence-corrected chi connectivity index (χ4v) is 4.20. The van der Waals surface area contributed by atoms with Gasteiger partial charge in [0.25, 0.3) is 0 Å². The third-order valence-electron chi connectivity index (χ3n) is 6.03. The van der Waals surface area contributed by atoms with Crippen LogP contribution in [0.25, 0.3) is 0 Å². The van der Waals surface area contributed by atoms with Gasteiger partial charge < -0.3 is 24.8 Å². The molecule has 0 unspecified atom stereocenters. The summed E-state index contributed by atoms with van der Waals surface area (Å²) in [5.74, 6) is 1.80. The molecule has 2 saturated heterocycles.